The lowest BCUT2D eigenvalue weighted by molar-refractivity contribution is 0.0955. The van der Waals surface area contributed by atoms with Crippen LogP contribution in [0.25, 0.3) is 0 Å². The van der Waals surface area contributed by atoms with Gasteiger partial charge >= 0.3 is 0 Å². The van der Waals surface area contributed by atoms with E-state index >= 15 is 0 Å². The van der Waals surface area contributed by atoms with Crippen LogP contribution >= 0.6 is 15.9 Å². The Labute approximate surface area is 200 Å². The molecule has 0 spiro atoms. The lowest BCUT2D eigenvalue weighted by atomic mass is 10.1. The molecule has 1 aliphatic heterocycles. The highest BCUT2D eigenvalue weighted by molar-refractivity contribution is 9.10. The number of anilines is 1. The van der Waals surface area contributed by atoms with E-state index in [0.29, 0.717) is 17.1 Å². The second kappa shape index (κ2) is 9.63. The molecule has 0 saturated carbocycles. The molecule has 0 radical (unpaired) electrons. The van der Waals surface area contributed by atoms with Crippen LogP contribution in [0.2, 0.25) is 0 Å². The average Bonchev–Trinajstić information content (AvgIpc) is 3.24. The van der Waals surface area contributed by atoms with Crippen LogP contribution in [0.15, 0.2) is 76.3 Å². The third-order valence-electron chi connectivity index (χ3n) is 4.85. The minimum Gasteiger partial charge on any atom is -0.454 e. The van der Waals surface area contributed by atoms with Gasteiger partial charge in [-0.25, -0.2) is 13.8 Å². The first-order valence-corrected chi connectivity index (χ1v) is 12.5. The molecule has 1 amide bonds. The number of hydrogen-bond acceptors (Lipinski definition) is 6. The minimum absolute atomic E-state index is 0.0946. The molecule has 0 saturated heterocycles. The van der Waals surface area contributed by atoms with Crippen molar-refractivity contribution in [1.29, 1.82) is 0 Å². The first-order chi connectivity index (χ1) is 15.8. The van der Waals surface area contributed by atoms with E-state index in [4.69, 9.17) is 9.47 Å². The van der Waals surface area contributed by atoms with Gasteiger partial charge in [-0.15, -0.1) is 0 Å². The molecular weight excluding hydrogens is 510 g/mol. The van der Waals surface area contributed by atoms with Crippen LogP contribution in [0.4, 0.5) is 5.69 Å². The van der Waals surface area contributed by atoms with Gasteiger partial charge < -0.3 is 9.47 Å². The van der Waals surface area contributed by atoms with E-state index < -0.39 is 15.9 Å². The van der Waals surface area contributed by atoms with Crippen LogP contribution in [0.3, 0.4) is 0 Å². The summed E-state index contributed by atoms with van der Waals surface area (Å²) < 4.78 is 37.8. The molecule has 0 unspecified atom stereocenters. The van der Waals surface area contributed by atoms with Crippen LogP contribution in [-0.2, 0) is 16.6 Å². The number of benzene rings is 3. The molecule has 10 heteroatoms. The number of carbonyl (C=O) groups is 1. The van der Waals surface area contributed by atoms with Crippen molar-refractivity contribution in [2.45, 2.75) is 6.54 Å². The Morgan fingerprint density at radius 3 is 2.48 bits per heavy atom. The molecular formula is C23H20BrN3O5S. The zero-order valence-corrected chi connectivity index (χ0v) is 20.0. The monoisotopic (exact) mass is 529 g/mol. The fraction of sp³-hybridized carbons (Fsp3) is 0.130. The van der Waals surface area contributed by atoms with E-state index in [1.54, 1.807) is 36.4 Å². The van der Waals surface area contributed by atoms with Gasteiger partial charge in [0, 0.05) is 10.0 Å². The number of nitrogens with zero attached hydrogens (tertiary/aromatic N) is 2. The maximum atomic E-state index is 12.9. The fourth-order valence-electron chi connectivity index (χ4n) is 3.27. The molecule has 1 N–H and O–H groups in total. The van der Waals surface area contributed by atoms with Gasteiger partial charge in [-0.1, -0.05) is 42.5 Å². The van der Waals surface area contributed by atoms with Crippen molar-refractivity contribution < 1.29 is 22.7 Å². The lowest BCUT2D eigenvalue weighted by Crippen LogP contribution is -2.32. The highest BCUT2D eigenvalue weighted by Gasteiger charge is 2.23. The van der Waals surface area contributed by atoms with Crippen LogP contribution in [0.1, 0.15) is 21.5 Å². The van der Waals surface area contributed by atoms with Crippen LogP contribution in [0.5, 0.6) is 11.5 Å². The first kappa shape index (κ1) is 22.8. The number of hydrogen-bond donors (Lipinski definition) is 1. The normalized spacial score (nSPS) is 12.7. The molecule has 0 fully saturated rings. The molecule has 33 heavy (non-hydrogen) atoms. The molecule has 0 atom stereocenters. The van der Waals surface area contributed by atoms with Crippen molar-refractivity contribution in [1.82, 2.24) is 5.43 Å². The molecule has 0 aliphatic carbocycles. The van der Waals surface area contributed by atoms with Gasteiger partial charge in [0.15, 0.2) is 11.5 Å². The minimum atomic E-state index is -3.66. The summed E-state index contributed by atoms with van der Waals surface area (Å²) in [6, 6.07) is 19.2. The van der Waals surface area contributed by atoms with Crippen LogP contribution in [0, 0.1) is 0 Å². The molecule has 0 bridgehead atoms. The van der Waals surface area contributed by atoms with E-state index in [1.165, 1.54) is 10.5 Å². The van der Waals surface area contributed by atoms with Crippen molar-refractivity contribution in [2.24, 2.45) is 5.10 Å². The topological polar surface area (TPSA) is 97.3 Å². The van der Waals surface area contributed by atoms with Gasteiger partial charge in [0.25, 0.3) is 5.91 Å². The fourth-order valence-corrected chi connectivity index (χ4v) is 4.59. The van der Waals surface area contributed by atoms with Gasteiger partial charge in [0.2, 0.25) is 16.8 Å². The Hall–Kier alpha value is -3.37. The number of para-hydroxylation sites is 1. The zero-order valence-electron chi connectivity index (χ0n) is 17.6. The third-order valence-corrected chi connectivity index (χ3v) is 6.66. The smallest absolute Gasteiger partial charge is 0.273 e. The summed E-state index contributed by atoms with van der Waals surface area (Å²) in [5.41, 5.74) is 4.39. The van der Waals surface area contributed by atoms with Gasteiger partial charge in [-0.2, -0.15) is 5.10 Å². The molecule has 4 rings (SSSR count). The van der Waals surface area contributed by atoms with Crippen molar-refractivity contribution >= 4 is 43.8 Å². The van der Waals surface area contributed by atoms with E-state index in [0.717, 1.165) is 16.3 Å². The van der Waals surface area contributed by atoms with Gasteiger partial charge in [0.1, 0.15) is 0 Å². The largest absolute Gasteiger partial charge is 0.454 e. The number of amides is 1. The molecule has 1 aliphatic rings. The van der Waals surface area contributed by atoms with Crippen molar-refractivity contribution in [3.05, 3.63) is 87.9 Å². The number of sulfonamides is 1. The number of ether oxygens (including phenoxy) is 2. The predicted octanol–water partition coefficient (Wildman–Crippen LogP) is 3.91. The van der Waals surface area contributed by atoms with Crippen LogP contribution in [-0.4, -0.2) is 33.6 Å². The summed E-state index contributed by atoms with van der Waals surface area (Å²) in [5.74, 6) is 0.665. The Bertz CT molecular complexity index is 1310. The maximum absolute atomic E-state index is 12.9. The van der Waals surface area contributed by atoms with Crippen LogP contribution < -0.4 is 19.2 Å². The number of halogens is 1. The Morgan fingerprint density at radius 1 is 1.09 bits per heavy atom. The number of fused-ring (bicyclic) bond motifs is 1. The van der Waals surface area contributed by atoms with Crippen molar-refractivity contribution in [3.8, 4) is 11.5 Å². The Morgan fingerprint density at radius 2 is 1.76 bits per heavy atom. The van der Waals surface area contributed by atoms with Crippen molar-refractivity contribution in [3.63, 3.8) is 0 Å². The average molecular weight is 530 g/mol. The summed E-state index contributed by atoms with van der Waals surface area (Å²) in [5, 5.41) is 4.03. The summed E-state index contributed by atoms with van der Waals surface area (Å²) in [4.78, 5) is 12.9. The lowest BCUT2D eigenvalue weighted by Gasteiger charge is -2.24. The Kier molecular flexibility index (Phi) is 6.66. The number of carbonyl (C=O) groups excluding carboxylic acids is 1. The molecule has 170 valence electrons. The summed E-state index contributed by atoms with van der Waals surface area (Å²) >= 11 is 3.43. The second-order valence-corrected chi connectivity index (χ2v) is 9.96. The molecule has 0 aromatic heterocycles. The second-order valence-electron chi connectivity index (χ2n) is 7.20. The highest BCUT2D eigenvalue weighted by atomic mass is 79.9. The molecule has 8 nitrogen and oxygen atoms in total. The SMILES string of the molecule is CS(=O)(=O)N(Cc1ccccc1)c1ccccc1C(=O)N/N=C\c1cc2c(cc1Br)OCO2. The molecule has 3 aromatic rings. The van der Waals surface area contributed by atoms with Gasteiger partial charge in [0.05, 0.1) is 30.3 Å². The van der Waals surface area contributed by atoms with Crippen molar-refractivity contribution in [2.75, 3.05) is 17.4 Å². The summed E-state index contributed by atoms with van der Waals surface area (Å²) in [6.07, 6.45) is 2.57. The number of nitrogens with one attached hydrogen (secondary N) is 1. The molecule has 1 heterocycles. The quantitative estimate of drug-likeness (QED) is 0.369. The Balaban J connectivity index is 1.57. The van der Waals surface area contributed by atoms with E-state index in [-0.39, 0.29) is 24.6 Å². The van der Waals surface area contributed by atoms with E-state index in [2.05, 4.69) is 26.5 Å². The summed E-state index contributed by atoms with van der Waals surface area (Å²) in [6.45, 7) is 0.243. The molecule has 3 aromatic carbocycles. The third kappa shape index (κ3) is 5.35. The highest BCUT2D eigenvalue weighted by Crippen LogP contribution is 2.36. The van der Waals surface area contributed by atoms with Gasteiger partial charge in [-0.05, 0) is 45.8 Å². The maximum Gasteiger partial charge on any atom is 0.273 e. The number of rotatable bonds is 7. The summed E-state index contributed by atoms with van der Waals surface area (Å²) in [7, 11) is -3.66. The zero-order chi connectivity index (χ0) is 23.4. The van der Waals surface area contributed by atoms with E-state index in [1.807, 2.05) is 30.3 Å². The van der Waals surface area contributed by atoms with Gasteiger partial charge in [-0.3, -0.25) is 9.10 Å². The predicted molar refractivity (Wildman–Crippen MR) is 129 cm³/mol. The number of hydrazone groups is 1. The standard InChI is InChI=1S/C23H20BrN3O5S/c1-33(29,30)27(14-16-7-3-2-4-8-16)20-10-6-5-9-18(20)23(28)26-25-13-17-11-21-22(12-19(17)24)32-15-31-21/h2-13H,14-15H2,1H3,(H,26,28)/b25-13-. The first-order valence-electron chi connectivity index (χ1n) is 9.86. The van der Waals surface area contributed by atoms with E-state index in [9.17, 15) is 13.2 Å².